The van der Waals surface area contributed by atoms with Crippen LogP contribution in [0.1, 0.15) is 15.9 Å². The van der Waals surface area contributed by atoms with Gasteiger partial charge < -0.3 is 10.4 Å². The number of carbonyl (C=O) groups excluding carboxylic acids is 1. The normalized spacial score (nSPS) is 10.2. The summed E-state index contributed by atoms with van der Waals surface area (Å²) in [5.74, 6) is -0.525. The Balaban J connectivity index is 2.27. The second kappa shape index (κ2) is 6.45. The van der Waals surface area contributed by atoms with Crippen LogP contribution in [0.2, 0.25) is 0 Å². The molecule has 2 aromatic rings. The zero-order valence-corrected chi connectivity index (χ0v) is 12.2. The summed E-state index contributed by atoms with van der Waals surface area (Å²) in [4.78, 5) is 22.6. The lowest BCUT2D eigenvalue weighted by molar-refractivity contribution is 0.102. The van der Waals surface area contributed by atoms with E-state index in [1.165, 1.54) is 36.4 Å². The first-order chi connectivity index (χ1) is 10.0. The minimum atomic E-state index is -0.861. The van der Waals surface area contributed by atoms with Gasteiger partial charge in [0, 0.05) is 15.7 Å². The summed E-state index contributed by atoms with van der Waals surface area (Å²) in [7, 11) is 0. The lowest BCUT2D eigenvalue weighted by Gasteiger charge is -2.09. The highest BCUT2D eigenvalue weighted by atomic mass is 79.9. The van der Waals surface area contributed by atoms with E-state index in [0.29, 0.717) is 10.2 Å². The molecule has 2 aromatic carbocycles. The number of phenolic OH excluding ortho intramolecular Hbond substituents is 1. The van der Waals surface area contributed by atoms with Crippen molar-refractivity contribution >= 4 is 33.2 Å². The molecule has 0 unspecified atom stereocenters. The molecular formula is C14H10BrFN2O3. The summed E-state index contributed by atoms with van der Waals surface area (Å²) in [5.41, 5.74) is 0.650. The van der Waals surface area contributed by atoms with Gasteiger partial charge in [0.1, 0.15) is 18.1 Å². The van der Waals surface area contributed by atoms with Crippen molar-refractivity contribution in [1.29, 1.82) is 0 Å². The second-order valence-electron chi connectivity index (χ2n) is 4.19. The lowest BCUT2D eigenvalue weighted by atomic mass is 10.1. The van der Waals surface area contributed by atoms with Crippen molar-refractivity contribution in [3.05, 3.63) is 56.9 Å². The van der Waals surface area contributed by atoms with Gasteiger partial charge in [-0.25, -0.2) is 4.39 Å². The number of hydrogen-bond acceptors (Lipinski definition) is 4. The van der Waals surface area contributed by atoms with E-state index >= 15 is 0 Å². The zero-order valence-electron chi connectivity index (χ0n) is 10.6. The molecule has 0 bridgehead atoms. The van der Waals surface area contributed by atoms with Gasteiger partial charge in [-0.15, -0.1) is 4.91 Å². The average Bonchev–Trinajstić information content (AvgIpc) is 2.49. The van der Waals surface area contributed by atoms with Crippen molar-refractivity contribution in [3.63, 3.8) is 0 Å². The number of alkyl halides is 1. The van der Waals surface area contributed by atoms with Gasteiger partial charge in [0.15, 0.2) is 0 Å². The number of carbonyl (C=O) groups is 1. The van der Waals surface area contributed by atoms with Gasteiger partial charge >= 0.3 is 0 Å². The number of amides is 1. The molecule has 0 aromatic heterocycles. The van der Waals surface area contributed by atoms with E-state index in [4.69, 9.17) is 0 Å². The Bertz CT molecular complexity index is 707. The zero-order chi connectivity index (χ0) is 15.4. The van der Waals surface area contributed by atoms with E-state index in [9.17, 15) is 19.2 Å². The SMILES string of the molecule is O=Nc1ccc(NC(=O)c2cc(O)ccc2Br)cc1CF. The highest BCUT2D eigenvalue weighted by Gasteiger charge is 2.12. The number of anilines is 1. The summed E-state index contributed by atoms with van der Waals surface area (Å²) in [5, 5.41) is 14.7. The molecule has 2 N–H and O–H groups in total. The molecule has 108 valence electrons. The van der Waals surface area contributed by atoms with E-state index in [1.54, 1.807) is 0 Å². The Morgan fingerprint density at radius 1 is 1.29 bits per heavy atom. The van der Waals surface area contributed by atoms with Crippen molar-refractivity contribution in [2.75, 3.05) is 5.32 Å². The van der Waals surface area contributed by atoms with Crippen LogP contribution >= 0.6 is 15.9 Å². The molecule has 0 atom stereocenters. The molecule has 2 rings (SSSR count). The molecule has 0 aliphatic carbocycles. The van der Waals surface area contributed by atoms with Gasteiger partial charge in [0.2, 0.25) is 0 Å². The number of rotatable bonds is 4. The molecule has 7 heteroatoms. The van der Waals surface area contributed by atoms with Gasteiger partial charge in [-0.2, -0.15) is 0 Å². The van der Waals surface area contributed by atoms with Crippen molar-refractivity contribution in [3.8, 4) is 5.75 Å². The third-order valence-corrected chi connectivity index (χ3v) is 3.47. The maximum absolute atomic E-state index is 12.8. The highest BCUT2D eigenvalue weighted by molar-refractivity contribution is 9.10. The van der Waals surface area contributed by atoms with Crippen molar-refractivity contribution in [2.24, 2.45) is 5.18 Å². The summed E-state index contributed by atoms with van der Waals surface area (Å²) in [6, 6.07) is 8.39. The quantitative estimate of drug-likeness (QED) is 0.806. The fourth-order valence-electron chi connectivity index (χ4n) is 1.75. The van der Waals surface area contributed by atoms with E-state index in [-0.39, 0.29) is 22.6 Å². The first-order valence-corrected chi connectivity index (χ1v) is 6.66. The van der Waals surface area contributed by atoms with Gasteiger partial charge in [-0.3, -0.25) is 4.79 Å². The largest absolute Gasteiger partial charge is 0.508 e. The Hall–Kier alpha value is -2.28. The van der Waals surface area contributed by atoms with E-state index in [1.807, 2.05) is 0 Å². The monoisotopic (exact) mass is 352 g/mol. The van der Waals surface area contributed by atoms with Crippen molar-refractivity contribution < 1.29 is 14.3 Å². The molecule has 21 heavy (non-hydrogen) atoms. The Kier molecular flexibility index (Phi) is 4.64. The lowest BCUT2D eigenvalue weighted by Crippen LogP contribution is -2.12. The minimum absolute atomic E-state index is 0.00552. The molecule has 0 aliphatic rings. The smallest absolute Gasteiger partial charge is 0.256 e. The van der Waals surface area contributed by atoms with Gasteiger partial charge in [-0.1, -0.05) is 0 Å². The van der Waals surface area contributed by atoms with Crippen LogP contribution in [-0.4, -0.2) is 11.0 Å². The van der Waals surface area contributed by atoms with Crippen molar-refractivity contribution in [1.82, 2.24) is 0 Å². The van der Waals surface area contributed by atoms with Crippen LogP contribution in [0.4, 0.5) is 15.8 Å². The number of aromatic hydroxyl groups is 1. The molecule has 0 aliphatic heterocycles. The molecule has 0 fully saturated rings. The predicted molar refractivity (Wildman–Crippen MR) is 80.5 cm³/mol. The number of phenols is 1. The first kappa shape index (κ1) is 15.1. The second-order valence-corrected chi connectivity index (χ2v) is 5.04. The summed E-state index contributed by atoms with van der Waals surface area (Å²) in [6.07, 6.45) is 0. The maximum Gasteiger partial charge on any atom is 0.256 e. The summed E-state index contributed by atoms with van der Waals surface area (Å²) in [6.45, 7) is -0.861. The fraction of sp³-hybridized carbons (Fsp3) is 0.0714. The van der Waals surface area contributed by atoms with E-state index in [2.05, 4.69) is 26.4 Å². The number of nitrogens with one attached hydrogen (secondary N) is 1. The maximum atomic E-state index is 12.8. The number of hydrogen-bond donors (Lipinski definition) is 2. The van der Waals surface area contributed by atoms with E-state index in [0.717, 1.165) is 0 Å². The van der Waals surface area contributed by atoms with Crippen LogP contribution < -0.4 is 5.32 Å². The van der Waals surface area contributed by atoms with Gasteiger partial charge in [-0.05, 0) is 57.5 Å². The van der Waals surface area contributed by atoms with Crippen LogP contribution in [0.15, 0.2) is 46.0 Å². The molecule has 0 heterocycles. The van der Waals surface area contributed by atoms with Crippen LogP contribution in [0.5, 0.6) is 5.75 Å². The summed E-state index contributed by atoms with van der Waals surface area (Å²) < 4.78 is 13.3. The number of nitrogens with zero attached hydrogens (tertiary/aromatic N) is 1. The molecule has 0 spiro atoms. The molecular weight excluding hydrogens is 343 g/mol. The highest BCUT2D eigenvalue weighted by Crippen LogP contribution is 2.26. The van der Waals surface area contributed by atoms with E-state index < -0.39 is 12.6 Å². The Labute approximate surface area is 127 Å². The standard InChI is InChI=1S/C14H10BrFN2O3/c15-12-3-2-10(19)6-11(12)14(20)17-9-1-4-13(18-21)8(5-9)7-16/h1-6,19H,7H2,(H,17,20). The molecule has 5 nitrogen and oxygen atoms in total. The van der Waals surface area contributed by atoms with Crippen LogP contribution in [0.3, 0.4) is 0 Å². The number of benzene rings is 2. The molecule has 1 amide bonds. The van der Waals surface area contributed by atoms with Crippen LogP contribution in [-0.2, 0) is 6.67 Å². The summed E-state index contributed by atoms with van der Waals surface area (Å²) >= 11 is 3.21. The Morgan fingerprint density at radius 3 is 2.71 bits per heavy atom. The van der Waals surface area contributed by atoms with Gasteiger partial charge in [0.25, 0.3) is 5.91 Å². The third-order valence-electron chi connectivity index (χ3n) is 2.77. The first-order valence-electron chi connectivity index (χ1n) is 5.87. The Morgan fingerprint density at radius 2 is 2.05 bits per heavy atom. The van der Waals surface area contributed by atoms with Crippen molar-refractivity contribution in [2.45, 2.75) is 6.67 Å². The third kappa shape index (κ3) is 3.43. The number of halogens is 2. The van der Waals surface area contributed by atoms with Crippen LogP contribution in [0.25, 0.3) is 0 Å². The number of nitroso groups, excluding NO2 is 1. The topological polar surface area (TPSA) is 78.8 Å². The van der Waals surface area contributed by atoms with Gasteiger partial charge in [0.05, 0.1) is 5.56 Å². The molecule has 0 saturated carbocycles. The molecule has 0 radical (unpaired) electrons. The predicted octanol–water partition coefficient (Wildman–Crippen LogP) is 4.27. The average molecular weight is 353 g/mol. The fourth-order valence-corrected chi connectivity index (χ4v) is 2.17. The molecule has 0 saturated heterocycles. The van der Waals surface area contributed by atoms with Crippen LogP contribution in [0, 0.1) is 4.91 Å². The minimum Gasteiger partial charge on any atom is -0.508 e.